The Morgan fingerprint density at radius 2 is 2.04 bits per heavy atom. The molecule has 0 N–H and O–H groups in total. The molecule has 6 heteroatoms. The van der Waals surface area contributed by atoms with Crippen molar-refractivity contribution in [3.63, 3.8) is 0 Å². The number of hydrogen-bond acceptors (Lipinski definition) is 3. The fourth-order valence-corrected chi connectivity index (χ4v) is 3.57. The van der Waals surface area contributed by atoms with Crippen LogP contribution in [0.15, 0.2) is 36.4 Å². The number of anilines is 1. The summed E-state index contributed by atoms with van der Waals surface area (Å²) in [7, 11) is 1.25. The number of carbonyl (C=O) groups excluding carboxylic acids is 1. The summed E-state index contributed by atoms with van der Waals surface area (Å²) in [4.78, 5) is 13.9. The number of methoxy groups -OCH3 is 1. The molecule has 2 aromatic rings. The summed E-state index contributed by atoms with van der Waals surface area (Å²) in [5.74, 6) is -1.15. The number of esters is 1. The van der Waals surface area contributed by atoms with Gasteiger partial charge < -0.3 is 9.64 Å². The SMILES string of the molecule is COC(=O)c1cccc(C2CCCN(c3ccc(Cl)c(Cl)c3)C2)c1F. The number of nitrogens with zero attached hydrogens (tertiary/aromatic N) is 1. The van der Waals surface area contributed by atoms with Crippen molar-refractivity contribution in [2.24, 2.45) is 0 Å². The Bertz CT molecular complexity index is 797. The van der Waals surface area contributed by atoms with Crippen LogP contribution in [-0.4, -0.2) is 26.2 Å². The average Bonchev–Trinajstić information content (AvgIpc) is 2.63. The molecular formula is C19H18Cl2FNO2. The van der Waals surface area contributed by atoms with Crippen LogP contribution < -0.4 is 4.90 Å². The predicted octanol–water partition coefficient (Wildman–Crippen LogP) is 5.30. The second-order valence-electron chi connectivity index (χ2n) is 6.08. The Morgan fingerprint density at radius 3 is 2.76 bits per heavy atom. The van der Waals surface area contributed by atoms with Crippen LogP contribution in [0.1, 0.15) is 34.7 Å². The summed E-state index contributed by atoms with van der Waals surface area (Å²) in [6.07, 6.45) is 1.78. The second-order valence-corrected chi connectivity index (χ2v) is 6.90. The van der Waals surface area contributed by atoms with Gasteiger partial charge in [-0.2, -0.15) is 0 Å². The number of ether oxygens (including phenoxy) is 1. The number of rotatable bonds is 3. The van der Waals surface area contributed by atoms with Crippen molar-refractivity contribution in [3.8, 4) is 0 Å². The summed E-state index contributed by atoms with van der Waals surface area (Å²) in [5.41, 5.74) is 1.49. The van der Waals surface area contributed by atoms with E-state index in [9.17, 15) is 9.18 Å². The molecule has 1 saturated heterocycles. The van der Waals surface area contributed by atoms with Gasteiger partial charge in [-0.25, -0.2) is 9.18 Å². The normalized spacial score (nSPS) is 17.4. The van der Waals surface area contributed by atoms with Crippen LogP contribution in [0.3, 0.4) is 0 Å². The number of benzene rings is 2. The molecule has 0 spiro atoms. The molecule has 0 aliphatic carbocycles. The zero-order valence-electron chi connectivity index (χ0n) is 13.8. The standard InChI is InChI=1S/C19H18Cl2FNO2/c1-25-19(24)15-6-2-5-14(18(15)22)12-4-3-9-23(11-12)13-7-8-16(20)17(21)10-13/h2,5-8,10,12H,3-4,9,11H2,1H3. The topological polar surface area (TPSA) is 29.5 Å². The van der Waals surface area contributed by atoms with E-state index in [0.717, 1.165) is 25.1 Å². The quantitative estimate of drug-likeness (QED) is 0.675. The van der Waals surface area contributed by atoms with Gasteiger partial charge in [-0.1, -0.05) is 35.3 Å². The number of halogens is 3. The molecule has 3 nitrogen and oxygen atoms in total. The van der Waals surface area contributed by atoms with Crippen LogP contribution in [0.2, 0.25) is 10.0 Å². The molecule has 3 rings (SSSR count). The van der Waals surface area contributed by atoms with Crippen molar-refractivity contribution < 1.29 is 13.9 Å². The molecule has 2 aromatic carbocycles. The monoisotopic (exact) mass is 381 g/mol. The summed E-state index contributed by atoms with van der Waals surface area (Å²) >= 11 is 12.1. The van der Waals surface area contributed by atoms with Gasteiger partial charge in [0.2, 0.25) is 0 Å². The lowest BCUT2D eigenvalue weighted by Crippen LogP contribution is -2.34. The molecule has 1 unspecified atom stereocenters. The molecule has 0 radical (unpaired) electrons. The van der Waals surface area contributed by atoms with Crippen LogP contribution in [0, 0.1) is 5.82 Å². The largest absolute Gasteiger partial charge is 0.465 e. The molecule has 1 aliphatic rings. The van der Waals surface area contributed by atoms with Crippen molar-refractivity contribution in [3.05, 3.63) is 63.4 Å². The zero-order valence-corrected chi connectivity index (χ0v) is 15.3. The van der Waals surface area contributed by atoms with E-state index in [-0.39, 0.29) is 11.5 Å². The maximum atomic E-state index is 14.8. The van der Waals surface area contributed by atoms with Crippen LogP contribution in [0.4, 0.5) is 10.1 Å². The van der Waals surface area contributed by atoms with Crippen LogP contribution >= 0.6 is 23.2 Å². The van der Waals surface area contributed by atoms with Crippen molar-refractivity contribution in [1.82, 2.24) is 0 Å². The number of carbonyl (C=O) groups is 1. The fraction of sp³-hybridized carbons (Fsp3) is 0.316. The maximum Gasteiger partial charge on any atom is 0.340 e. The van der Waals surface area contributed by atoms with Crippen LogP contribution in [0.5, 0.6) is 0 Å². The van der Waals surface area contributed by atoms with E-state index in [1.54, 1.807) is 18.2 Å². The highest BCUT2D eigenvalue weighted by molar-refractivity contribution is 6.42. The Kier molecular flexibility index (Phi) is 5.50. The van der Waals surface area contributed by atoms with Gasteiger partial charge in [-0.05, 0) is 42.7 Å². The first-order valence-electron chi connectivity index (χ1n) is 8.08. The summed E-state index contributed by atoms with van der Waals surface area (Å²) < 4.78 is 19.4. The van der Waals surface area contributed by atoms with Crippen molar-refractivity contribution >= 4 is 34.9 Å². The molecule has 0 amide bonds. The van der Waals surface area contributed by atoms with E-state index < -0.39 is 11.8 Å². The Balaban J connectivity index is 1.86. The highest BCUT2D eigenvalue weighted by Crippen LogP contribution is 2.34. The highest BCUT2D eigenvalue weighted by atomic mass is 35.5. The first-order chi connectivity index (χ1) is 12.0. The third kappa shape index (κ3) is 3.75. The first-order valence-corrected chi connectivity index (χ1v) is 8.83. The second kappa shape index (κ2) is 7.63. The molecule has 0 saturated carbocycles. The van der Waals surface area contributed by atoms with Gasteiger partial charge in [0, 0.05) is 24.7 Å². The summed E-state index contributed by atoms with van der Waals surface area (Å²) in [5, 5.41) is 1.01. The van der Waals surface area contributed by atoms with Gasteiger partial charge in [0.25, 0.3) is 0 Å². The number of piperidine rings is 1. The van der Waals surface area contributed by atoms with Crippen molar-refractivity contribution in [2.45, 2.75) is 18.8 Å². The third-order valence-electron chi connectivity index (χ3n) is 4.56. The minimum atomic E-state index is -0.656. The lowest BCUT2D eigenvalue weighted by Gasteiger charge is -2.35. The molecular weight excluding hydrogens is 364 g/mol. The van der Waals surface area contributed by atoms with Gasteiger partial charge >= 0.3 is 5.97 Å². The van der Waals surface area contributed by atoms with Crippen LogP contribution in [0.25, 0.3) is 0 Å². The van der Waals surface area contributed by atoms with Gasteiger partial charge in [0.15, 0.2) is 0 Å². The molecule has 25 heavy (non-hydrogen) atoms. The third-order valence-corrected chi connectivity index (χ3v) is 5.30. The summed E-state index contributed by atoms with van der Waals surface area (Å²) in [6.45, 7) is 1.52. The Labute approximate surface area is 156 Å². The lowest BCUT2D eigenvalue weighted by atomic mass is 9.89. The molecule has 0 aromatic heterocycles. The smallest absolute Gasteiger partial charge is 0.340 e. The van der Waals surface area contributed by atoms with E-state index in [2.05, 4.69) is 9.64 Å². The van der Waals surface area contributed by atoms with Crippen molar-refractivity contribution in [2.75, 3.05) is 25.1 Å². The Morgan fingerprint density at radius 1 is 1.24 bits per heavy atom. The van der Waals surface area contributed by atoms with Gasteiger partial charge in [-0.3, -0.25) is 0 Å². The van der Waals surface area contributed by atoms with E-state index in [1.807, 2.05) is 12.1 Å². The molecule has 0 bridgehead atoms. The van der Waals surface area contributed by atoms with E-state index in [0.29, 0.717) is 22.2 Å². The van der Waals surface area contributed by atoms with E-state index in [1.165, 1.54) is 13.2 Å². The highest BCUT2D eigenvalue weighted by Gasteiger charge is 2.26. The van der Waals surface area contributed by atoms with Crippen molar-refractivity contribution in [1.29, 1.82) is 0 Å². The van der Waals surface area contributed by atoms with Gasteiger partial charge in [0.1, 0.15) is 5.82 Å². The van der Waals surface area contributed by atoms with Gasteiger partial charge in [0.05, 0.1) is 22.7 Å². The minimum absolute atomic E-state index is 0.00666. The lowest BCUT2D eigenvalue weighted by molar-refractivity contribution is 0.0595. The number of hydrogen-bond donors (Lipinski definition) is 0. The Hall–Kier alpha value is -1.78. The maximum absolute atomic E-state index is 14.8. The molecule has 1 atom stereocenters. The van der Waals surface area contributed by atoms with Crippen LogP contribution in [-0.2, 0) is 4.74 Å². The summed E-state index contributed by atoms with van der Waals surface area (Å²) in [6, 6.07) is 10.4. The first kappa shape index (κ1) is 18.0. The van der Waals surface area contributed by atoms with E-state index in [4.69, 9.17) is 23.2 Å². The molecule has 1 heterocycles. The zero-order chi connectivity index (χ0) is 18.0. The molecule has 1 fully saturated rings. The molecule has 1 aliphatic heterocycles. The average molecular weight is 382 g/mol. The molecule has 132 valence electrons. The predicted molar refractivity (Wildman–Crippen MR) is 98.4 cm³/mol. The van der Waals surface area contributed by atoms with Gasteiger partial charge in [-0.15, -0.1) is 0 Å². The fourth-order valence-electron chi connectivity index (χ4n) is 3.28. The minimum Gasteiger partial charge on any atom is -0.465 e. The van der Waals surface area contributed by atoms with E-state index >= 15 is 0 Å².